The average molecular weight is 276 g/mol. The molecule has 0 spiro atoms. The molecule has 1 aliphatic heterocycles. The molecule has 2 atom stereocenters. The highest BCUT2D eigenvalue weighted by Crippen LogP contribution is 2.20. The summed E-state index contributed by atoms with van der Waals surface area (Å²) in [6, 6.07) is 9.03. The van der Waals surface area contributed by atoms with Gasteiger partial charge in [-0.2, -0.15) is 0 Å². The smallest absolute Gasteiger partial charge is 0.118 e. The number of likely N-dealkylation sites (N-methyl/N-ethyl adjacent to an activating group) is 1. The Morgan fingerprint density at radius 3 is 2.70 bits per heavy atom. The molecule has 0 saturated carbocycles. The Bertz CT molecular complexity index is 390. The highest BCUT2D eigenvalue weighted by Gasteiger charge is 2.21. The van der Waals surface area contributed by atoms with Gasteiger partial charge in [0.15, 0.2) is 0 Å². The number of rotatable bonds is 6. The van der Waals surface area contributed by atoms with Gasteiger partial charge in [-0.25, -0.2) is 0 Å². The number of methoxy groups -OCH3 is 1. The van der Waals surface area contributed by atoms with E-state index in [9.17, 15) is 0 Å². The molecule has 1 aromatic carbocycles. The van der Waals surface area contributed by atoms with Crippen LogP contribution in [0, 0.1) is 5.92 Å². The monoisotopic (exact) mass is 276 g/mol. The van der Waals surface area contributed by atoms with Crippen molar-refractivity contribution in [3.63, 3.8) is 0 Å². The fourth-order valence-corrected chi connectivity index (χ4v) is 3.09. The van der Waals surface area contributed by atoms with E-state index >= 15 is 0 Å². The molecule has 1 saturated heterocycles. The van der Waals surface area contributed by atoms with E-state index in [0.717, 1.165) is 24.8 Å². The number of hydrogen-bond donors (Lipinski definition) is 1. The molecule has 3 nitrogen and oxygen atoms in total. The molecule has 0 radical (unpaired) electrons. The number of hydrogen-bond acceptors (Lipinski definition) is 3. The molecule has 0 amide bonds. The third kappa shape index (κ3) is 4.50. The van der Waals surface area contributed by atoms with Crippen molar-refractivity contribution in [1.29, 1.82) is 0 Å². The Balaban J connectivity index is 1.80. The molecular formula is C17H28N2O. The van der Waals surface area contributed by atoms with Gasteiger partial charge in [0.1, 0.15) is 5.75 Å². The molecule has 1 fully saturated rings. The first-order valence-electron chi connectivity index (χ1n) is 7.76. The predicted octanol–water partition coefficient (Wildman–Crippen LogP) is 2.91. The zero-order valence-electron chi connectivity index (χ0n) is 13.1. The zero-order chi connectivity index (χ0) is 14.4. The molecule has 3 heteroatoms. The predicted molar refractivity (Wildman–Crippen MR) is 84.1 cm³/mol. The van der Waals surface area contributed by atoms with Gasteiger partial charge in [0.25, 0.3) is 0 Å². The van der Waals surface area contributed by atoms with Crippen molar-refractivity contribution < 1.29 is 4.74 Å². The molecule has 20 heavy (non-hydrogen) atoms. The fourth-order valence-electron chi connectivity index (χ4n) is 3.09. The molecule has 2 unspecified atom stereocenters. The number of nitrogens with one attached hydrogen (secondary N) is 1. The molecule has 0 aromatic heterocycles. The molecule has 1 heterocycles. The first-order valence-corrected chi connectivity index (χ1v) is 7.76. The van der Waals surface area contributed by atoms with E-state index in [0.29, 0.717) is 6.04 Å². The van der Waals surface area contributed by atoms with Gasteiger partial charge >= 0.3 is 0 Å². The van der Waals surface area contributed by atoms with Crippen LogP contribution in [0.1, 0.15) is 31.7 Å². The van der Waals surface area contributed by atoms with Crippen LogP contribution in [-0.2, 0) is 6.54 Å². The number of ether oxygens (including phenoxy) is 1. The number of nitrogens with zero attached hydrogens (tertiary/aromatic N) is 1. The molecular weight excluding hydrogens is 248 g/mol. The minimum atomic E-state index is 0.650. The maximum absolute atomic E-state index is 5.20. The van der Waals surface area contributed by atoms with Gasteiger partial charge in [0, 0.05) is 19.1 Å². The number of benzene rings is 1. The second-order valence-electron chi connectivity index (χ2n) is 5.99. The summed E-state index contributed by atoms with van der Waals surface area (Å²) in [6.07, 6.45) is 3.99. The summed E-state index contributed by atoms with van der Waals surface area (Å²) in [6.45, 7) is 5.62. The zero-order valence-corrected chi connectivity index (χ0v) is 13.1. The maximum atomic E-state index is 5.20. The van der Waals surface area contributed by atoms with E-state index in [1.54, 1.807) is 7.11 Å². The lowest BCUT2D eigenvalue weighted by atomic mass is 9.90. The van der Waals surface area contributed by atoms with Crippen LogP contribution in [0.25, 0.3) is 0 Å². The largest absolute Gasteiger partial charge is 0.497 e. The van der Waals surface area contributed by atoms with Gasteiger partial charge in [-0.05, 0) is 50.0 Å². The van der Waals surface area contributed by atoms with E-state index in [2.05, 4.69) is 36.3 Å². The van der Waals surface area contributed by atoms with Crippen LogP contribution in [0.3, 0.4) is 0 Å². The van der Waals surface area contributed by atoms with Crippen molar-refractivity contribution in [2.45, 2.75) is 38.8 Å². The lowest BCUT2D eigenvalue weighted by Gasteiger charge is -2.32. The van der Waals surface area contributed by atoms with E-state index in [1.165, 1.54) is 31.4 Å². The molecule has 0 bridgehead atoms. The van der Waals surface area contributed by atoms with Crippen molar-refractivity contribution in [3.05, 3.63) is 29.8 Å². The summed E-state index contributed by atoms with van der Waals surface area (Å²) in [5.41, 5.74) is 1.34. The van der Waals surface area contributed by atoms with Crippen molar-refractivity contribution in [2.75, 3.05) is 27.2 Å². The normalized spacial score (nSPS) is 23.0. The second kappa shape index (κ2) is 7.65. The van der Waals surface area contributed by atoms with Crippen LogP contribution in [0.4, 0.5) is 0 Å². The highest BCUT2D eigenvalue weighted by molar-refractivity contribution is 5.27. The third-order valence-corrected chi connectivity index (χ3v) is 4.32. The summed E-state index contributed by atoms with van der Waals surface area (Å²) in [5.74, 6) is 1.84. The minimum Gasteiger partial charge on any atom is -0.497 e. The van der Waals surface area contributed by atoms with E-state index in [-0.39, 0.29) is 0 Å². The van der Waals surface area contributed by atoms with Gasteiger partial charge in [0.05, 0.1) is 7.11 Å². The van der Waals surface area contributed by atoms with Crippen LogP contribution >= 0.6 is 0 Å². The number of piperidine rings is 1. The summed E-state index contributed by atoms with van der Waals surface area (Å²) >= 11 is 0. The quantitative estimate of drug-likeness (QED) is 0.864. The molecule has 0 aliphatic carbocycles. The summed E-state index contributed by atoms with van der Waals surface area (Å²) in [4.78, 5) is 2.41. The SMILES string of the molecule is CCC1CCNC(CN(C)Cc2ccc(OC)cc2)C1. The van der Waals surface area contributed by atoms with E-state index < -0.39 is 0 Å². The standard InChI is InChI=1S/C17H28N2O/c1-4-14-9-10-18-16(11-14)13-19(2)12-15-5-7-17(20-3)8-6-15/h5-8,14,16,18H,4,9-13H2,1-3H3. The average Bonchev–Trinajstić information content (AvgIpc) is 2.48. The Labute approximate surface area is 123 Å². The Hall–Kier alpha value is -1.06. The molecule has 1 aliphatic rings. The van der Waals surface area contributed by atoms with Crippen LogP contribution in [0.2, 0.25) is 0 Å². The van der Waals surface area contributed by atoms with Gasteiger partial charge in [-0.1, -0.05) is 25.5 Å². The van der Waals surface area contributed by atoms with E-state index in [1.807, 2.05) is 12.1 Å². The van der Waals surface area contributed by atoms with Crippen LogP contribution in [0.5, 0.6) is 5.75 Å². The van der Waals surface area contributed by atoms with Gasteiger partial charge in [0.2, 0.25) is 0 Å². The summed E-state index contributed by atoms with van der Waals surface area (Å²) in [7, 11) is 3.92. The van der Waals surface area contributed by atoms with Crippen molar-refractivity contribution >= 4 is 0 Å². The van der Waals surface area contributed by atoms with Gasteiger partial charge in [-0.15, -0.1) is 0 Å². The molecule has 1 N–H and O–H groups in total. The van der Waals surface area contributed by atoms with Crippen LogP contribution in [-0.4, -0.2) is 38.2 Å². The highest BCUT2D eigenvalue weighted by atomic mass is 16.5. The summed E-state index contributed by atoms with van der Waals surface area (Å²) in [5, 5.41) is 3.66. The van der Waals surface area contributed by atoms with Crippen molar-refractivity contribution in [3.8, 4) is 5.75 Å². The fraction of sp³-hybridized carbons (Fsp3) is 0.647. The molecule has 2 rings (SSSR count). The third-order valence-electron chi connectivity index (χ3n) is 4.32. The van der Waals surface area contributed by atoms with Crippen molar-refractivity contribution in [1.82, 2.24) is 10.2 Å². The topological polar surface area (TPSA) is 24.5 Å². The minimum absolute atomic E-state index is 0.650. The Kier molecular flexibility index (Phi) is 5.86. The van der Waals surface area contributed by atoms with Crippen molar-refractivity contribution in [2.24, 2.45) is 5.92 Å². The lowest BCUT2D eigenvalue weighted by molar-refractivity contribution is 0.220. The molecule has 112 valence electrons. The summed E-state index contributed by atoms with van der Waals surface area (Å²) < 4.78 is 5.20. The first-order chi connectivity index (χ1) is 9.71. The maximum Gasteiger partial charge on any atom is 0.118 e. The Morgan fingerprint density at radius 2 is 2.05 bits per heavy atom. The van der Waals surface area contributed by atoms with Crippen LogP contribution in [0.15, 0.2) is 24.3 Å². The van der Waals surface area contributed by atoms with E-state index in [4.69, 9.17) is 4.74 Å². The molecule has 1 aromatic rings. The Morgan fingerprint density at radius 1 is 1.30 bits per heavy atom. The van der Waals surface area contributed by atoms with Gasteiger partial charge < -0.3 is 15.0 Å². The second-order valence-corrected chi connectivity index (χ2v) is 5.99. The first kappa shape index (κ1) is 15.3. The van der Waals surface area contributed by atoms with Gasteiger partial charge in [-0.3, -0.25) is 0 Å². The van der Waals surface area contributed by atoms with Crippen LogP contribution < -0.4 is 10.1 Å². The lowest BCUT2D eigenvalue weighted by Crippen LogP contribution is -2.44.